The van der Waals surface area contributed by atoms with Crippen molar-refractivity contribution in [3.05, 3.63) is 95.8 Å². The predicted octanol–water partition coefficient (Wildman–Crippen LogP) is 3.66. The van der Waals surface area contributed by atoms with Gasteiger partial charge >= 0.3 is 0 Å². The number of hydrogen-bond donors (Lipinski definition) is 1. The molecule has 3 rings (SSSR count). The largest absolute Gasteiger partial charge is 0.494 e. The first-order valence-corrected chi connectivity index (χ1v) is 8.35. The Bertz CT molecular complexity index is 835. The molecule has 0 spiro atoms. The van der Waals surface area contributed by atoms with Crippen molar-refractivity contribution >= 4 is 11.6 Å². The quantitative estimate of drug-likeness (QED) is 0.548. The lowest BCUT2D eigenvalue weighted by Crippen LogP contribution is -2.21. The Labute approximate surface area is 152 Å². The molecule has 1 aromatic heterocycles. The van der Waals surface area contributed by atoms with Crippen LogP contribution in [-0.4, -0.2) is 23.2 Å². The van der Waals surface area contributed by atoms with Crippen LogP contribution < -0.4 is 10.2 Å². The lowest BCUT2D eigenvalue weighted by molar-refractivity contribution is 0.0955. The zero-order chi connectivity index (χ0) is 18.2. The van der Waals surface area contributed by atoms with Crippen molar-refractivity contribution < 1.29 is 9.53 Å². The van der Waals surface area contributed by atoms with Gasteiger partial charge < -0.3 is 4.74 Å². The van der Waals surface area contributed by atoms with Gasteiger partial charge in [0, 0.05) is 17.3 Å². The number of hydrogen-bond acceptors (Lipinski definition) is 4. The summed E-state index contributed by atoms with van der Waals surface area (Å²) in [5.41, 5.74) is 5.28. The van der Waals surface area contributed by atoms with Gasteiger partial charge in [0.2, 0.25) is 0 Å². The molecule has 5 heteroatoms. The van der Waals surface area contributed by atoms with Crippen LogP contribution in [0.3, 0.4) is 0 Å². The second kappa shape index (κ2) is 8.58. The van der Waals surface area contributed by atoms with E-state index in [-0.39, 0.29) is 5.91 Å². The van der Waals surface area contributed by atoms with Gasteiger partial charge in [-0.2, -0.15) is 5.10 Å². The molecule has 2 aromatic carbocycles. The third kappa shape index (κ3) is 4.33. The zero-order valence-electron chi connectivity index (χ0n) is 14.4. The molecule has 130 valence electrons. The van der Waals surface area contributed by atoms with E-state index in [2.05, 4.69) is 15.5 Å². The molecule has 1 amide bonds. The van der Waals surface area contributed by atoms with Crippen LogP contribution in [0.5, 0.6) is 5.75 Å². The summed E-state index contributed by atoms with van der Waals surface area (Å²) in [5.74, 6) is 0.434. The number of ether oxygens (including phenoxy) is 1. The third-order valence-electron chi connectivity index (χ3n) is 3.65. The van der Waals surface area contributed by atoms with Gasteiger partial charge in [-0.3, -0.25) is 9.78 Å². The summed E-state index contributed by atoms with van der Waals surface area (Å²) in [6.07, 6.45) is 1.70. The Hall–Kier alpha value is -3.47. The summed E-state index contributed by atoms with van der Waals surface area (Å²) in [4.78, 5) is 16.7. The lowest BCUT2D eigenvalue weighted by atomic mass is 10.1. The number of amides is 1. The first kappa shape index (κ1) is 17.4. The molecule has 0 unspecified atom stereocenters. The Balaban J connectivity index is 1.83. The van der Waals surface area contributed by atoms with Crippen molar-refractivity contribution in [3.8, 4) is 5.75 Å². The van der Waals surface area contributed by atoms with Crippen LogP contribution in [0, 0.1) is 0 Å². The number of hydrazone groups is 1. The molecule has 0 atom stereocenters. The molecule has 3 aromatic rings. The molecule has 5 nitrogen and oxygen atoms in total. The van der Waals surface area contributed by atoms with E-state index >= 15 is 0 Å². The molecule has 0 saturated heterocycles. The molecule has 0 aliphatic carbocycles. The van der Waals surface area contributed by atoms with Crippen LogP contribution in [0.4, 0.5) is 0 Å². The maximum Gasteiger partial charge on any atom is 0.271 e. The van der Waals surface area contributed by atoms with Gasteiger partial charge in [0.25, 0.3) is 5.91 Å². The summed E-state index contributed by atoms with van der Waals surface area (Å²) >= 11 is 0. The SMILES string of the molecule is CCOc1ccc(C(=O)NN=C(c2ccccc2)c2ccccn2)cc1. The number of pyridine rings is 1. The number of aromatic nitrogens is 1. The van der Waals surface area contributed by atoms with E-state index in [1.165, 1.54) is 0 Å². The third-order valence-corrected chi connectivity index (χ3v) is 3.65. The number of carbonyl (C=O) groups is 1. The zero-order valence-corrected chi connectivity index (χ0v) is 14.4. The summed E-state index contributed by atoms with van der Waals surface area (Å²) in [6, 6.07) is 22.1. The molecule has 0 fully saturated rings. The molecule has 1 heterocycles. The van der Waals surface area contributed by atoms with Crippen LogP contribution in [0.15, 0.2) is 84.1 Å². The maximum absolute atomic E-state index is 12.4. The van der Waals surface area contributed by atoms with Crippen LogP contribution in [0.1, 0.15) is 28.5 Å². The van der Waals surface area contributed by atoms with Crippen LogP contribution in [-0.2, 0) is 0 Å². The highest BCUT2D eigenvalue weighted by Gasteiger charge is 2.10. The monoisotopic (exact) mass is 345 g/mol. The average Bonchev–Trinajstić information content (AvgIpc) is 2.70. The smallest absolute Gasteiger partial charge is 0.271 e. The molecule has 0 aliphatic rings. The van der Waals surface area contributed by atoms with E-state index in [0.717, 1.165) is 11.3 Å². The molecule has 0 bridgehead atoms. The second-order valence-corrected chi connectivity index (χ2v) is 5.44. The Morgan fingerprint density at radius 3 is 2.35 bits per heavy atom. The van der Waals surface area contributed by atoms with Gasteiger partial charge in [0.15, 0.2) is 0 Å². The van der Waals surface area contributed by atoms with Crippen molar-refractivity contribution in [1.82, 2.24) is 10.4 Å². The Morgan fingerprint density at radius 2 is 1.69 bits per heavy atom. The number of nitrogens with one attached hydrogen (secondary N) is 1. The van der Waals surface area contributed by atoms with Gasteiger partial charge in [-0.05, 0) is 43.3 Å². The number of benzene rings is 2. The first-order valence-electron chi connectivity index (χ1n) is 8.35. The maximum atomic E-state index is 12.4. The fraction of sp³-hybridized carbons (Fsp3) is 0.0952. The summed E-state index contributed by atoms with van der Waals surface area (Å²) in [7, 11) is 0. The molecule has 26 heavy (non-hydrogen) atoms. The topological polar surface area (TPSA) is 63.6 Å². The number of rotatable bonds is 6. The van der Waals surface area contributed by atoms with E-state index in [1.54, 1.807) is 30.5 Å². The molecule has 1 N–H and O–H groups in total. The molecule has 0 saturated carbocycles. The summed E-state index contributed by atoms with van der Waals surface area (Å²) in [6.45, 7) is 2.50. The number of nitrogens with zero attached hydrogens (tertiary/aromatic N) is 2. The predicted molar refractivity (Wildman–Crippen MR) is 101 cm³/mol. The van der Waals surface area contributed by atoms with Crippen molar-refractivity contribution in [1.29, 1.82) is 0 Å². The van der Waals surface area contributed by atoms with E-state index in [9.17, 15) is 4.79 Å². The fourth-order valence-electron chi connectivity index (χ4n) is 2.41. The van der Waals surface area contributed by atoms with Gasteiger partial charge in [-0.25, -0.2) is 5.43 Å². The van der Waals surface area contributed by atoms with E-state index < -0.39 is 0 Å². The van der Waals surface area contributed by atoms with Crippen LogP contribution in [0.2, 0.25) is 0 Å². The minimum absolute atomic E-state index is 0.294. The van der Waals surface area contributed by atoms with E-state index in [4.69, 9.17) is 4.74 Å². The Morgan fingerprint density at radius 1 is 0.962 bits per heavy atom. The van der Waals surface area contributed by atoms with Crippen LogP contribution >= 0.6 is 0 Å². The van der Waals surface area contributed by atoms with Gasteiger partial charge in [-0.1, -0.05) is 36.4 Å². The van der Waals surface area contributed by atoms with E-state index in [0.29, 0.717) is 23.6 Å². The summed E-state index contributed by atoms with van der Waals surface area (Å²) in [5, 5.41) is 4.32. The van der Waals surface area contributed by atoms with Gasteiger partial charge in [-0.15, -0.1) is 0 Å². The van der Waals surface area contributed by atoms with E-state index in [1.807, 2.05) is 55.5 Å². The standard InChI is InChI=1S/C21H19N3O2/c1-2-26-18-13-11-17(12-14-18)21(25)24-23-20(16-8-4-3-5-9-16)19-10-6-7-15-22-19/h3-15H,2H2,1H3,(H,24,25). The average molecular weight is 345 g/mol. The van der Waals surface area contributed by atoms with Gasteiger partial charge in [0.1, 0.15) is 11.5 Å². The normalized spacial score (nSPS) is 11.0. The fourth-order valence-corrected chi connectivity index (χ4v) is 2.41. The molecule has 0 aliphatic heterocycles. The highest BCUT2D eigenvalue weighted by atomic mass is 16.5. The van der Waals surface area contributed by atoms with Crippen molar-refractivity contribution in [3.63, 3.8) is 0 Å². The second-order valence-electron chi connectivity index (χ2n) is 5.44. The minimum Gasteiger partial charge on any atom is -0.494 e. The van der Waals surface area contributed by atoms with Crippen molar-refractivity contribution in [2.24, 2.45) is 5.10 Å². The molecule has 0 radical (unpaired) electrons. The molecular weight excluding hydrogens is 326 g/mol. The van der Waals surface area contributed by atoms with Gasteiger partial charge in [0.05, 0.1) is 12.3 Å². The highest BCUT2D eigenvalue weighted by Crippen LogP contribution is 2.12. The van der Waals surface area contributed by atoms with Crippen LogP contribution in [0.25, 0.3) is 0 Å². The molecular formula is C21H19N3O2. The van der Waals surface area contributed by atoms with Crippen molar-refractivity contribution in [2.75, 3.05) is 6.61 Å². The highest BCUT2D eigenvalue weighted by molar-refractivity contribution is 6.12. The number of carbonyl (C=O) groups excluding carboxylic acids is 1. The van der Waals surface area contributed by atoms with Crippen molar-refractivity contribution in [2.45, 2.75) is 6.92 Å². The minimum atomic E-state index is -0.294. The lowest BCUT2D eigenvalue weighted by Gasteiger charge is -2.08. The summed E-state index contributed by atoms with van der Waals surface area (Å²) < 4.78 is 5.39. The Kier molecular flexibility index (Phi) is 5.72. The first-order chi connectivity index (χ1) is 12.8.